The lowest BCUT2D eigenvalue weighted by molar-refractivity contribution is -0.114. The molecule has 6 nitrogen and oxygen atoms in total. The molecular formula is C21H19BrN2O4. The quantitative estimate of drug-likeness (QED) is 0.471. The number of phenolic OH excluding ortho intramolecular Hbond substituents is 1. The van der Waals surface area contributed by atoms with E-state index < -0.39 is 11.8 Å². The molecule has 7 heteroatoms. The van der Waals surface area contributed by atoms with Gasteiger partial charge in [0.2, 0.25) is 0 Å². The van der Waals surface area contributed by atoms with E-state index in [0.29, 0.717) is 41.5 Å². The van der Waals surface area contributed by atoms with E-state index in [1.807, 2.05) is 6.07 Å². The molecule has 1 saturated carbocycles. The highest BCUT2D eigenvalue weighted by Gasteiger charge is 2.27. The van der Waals surface area contributed by atoms with Crippen molar-refractivity contribution in [1.29, 1.82) is 0 Å². The zero-order valence-electron chi connectivity index (χ0n) is 15.0. The van der Waals surface area contributed by atoms with E-state index >= 15 is 0 Å². The number of fused-ring (bicyclic) bond motifs is 1. The summed E-state index contributed by atoms with van der Waals surface area (Å²) in [4.78, 5) is 24.2. The third-order valence-electron chi connectivity index (χ3n) is 4.74. The molecule has 0 spiro atoms. The zero-order chi connectivity index (χ0) is 19.7. The fourth-order valence-corrected chi connectivity index (χ4v) is 3.36. The largest absolute Gasteiger partial charge is 0.504 e. The molecule has 4 rings (SSSR count). The molecule has 0 saturated heterocycles. The lowest BCUT2D eigenvalue weighted by Gasteiger charge is -2.18. The topological polar surface area (TPSA) is 87.7 Å². The molecule has 0 radical (unpaired) electrons. The van der Waals surface area contributed by atoms with E-state index in [0.717, 1.165) is 10.0 Å². The number of ether oxygens (including phenoxy) is 1. The Morgan fingerprint density at radius 3 is 2.71 bits per heavy atom. The van der Waals surface area contributed by atoms with Crippen LogP contribution in [0, 0.1) is 5.92 Å². The number of hydrogen-bond donors (Lipinski definition) is 3. The molecule has 3 N–H and O–H groups in total. The first-order valence-corrected chi connectivity index (χ1v) is 9.84. The van der Waals surface area contributed by atoms with Gasteiger partial charge in [0, 0.05) is 28.3 Å². The maximum atomic E-state index is 12.2. The van der Waals surface area contributed by atoms with Gasteiger partial charge < -0.3 is 15.2 Å². The van der Waals surface area contributed by atoms with Crippen molar-refractivity contribution in [2.75, 3.05) is 6.61 Å². The summed E-state index contributed by atoms with van der Waals surface area (Å²) in [6.45, 7) is 1.05. The van der Waals surface area contributed by atoms with Gasteiger partial charge in [-0.05, 0) is 54.7 Å². The molecule has 2 aliphatic rings. The Morgan fingerprint density at radius 1 is 1.14 bits per heavy atom. The predicted octanol–water partition coefficient (Wildman–Crippen LogP) is 3.34. The minimum atomic E-state index is -0.449. The van der Waals surface area contributed by atoms with Crippen molar-refractivity contribution in [2.24, 2.45) is 5.92 Å². The Hall–Kier alpha value is -2.80. The first-order valence-electron chi connectivity index (χ1n) is 9.05. The minimum absolute atomic E-state index is 0.0999. The first kappa shape index (κ1) is 18.6. The average molecular weight is 443 g/mol. The number of imide groups is 1. The number of phenols is 1. The fraction of sp³-hybridized carbons (Fsp3) is 0.238. The van der Waals surface area contributed by atoms with Crippen molar-refractivity contribution < 1.29 is 19.4 Å². The number of rotatable bonds is 6. The summed E-state index contributed by atoms with van der Waals surface area (Å²) in [6.07, 6.45) is 3.97. The second kappa shape index (κ2) is 7.67. The number of benzene rings is 2. The summed E-state index contributed by atoms with van der Waals surface area (Å²) in [5.74, 6) is 0.343. The monoisotopic (exact) mass is 442 g/mol. The molecule has 0 atom stereocenters. The standard InChI is InChI=1S/C21H19BrN2O4/c22-14-4-5-15-16(8-14)17(21(27)24-20(15)26)10-23-9-13-3-6-19(18(25)7-13)28-11-12-1-2-12/h3-8,10,12,23,25H,1-2,9,11H2,(H,24,26,27). The Bertz CT molecular complexity index is 982. The lowest BCUT2D eigenvalue weighted by atomic mass is 9.95. The van der Waals surface area contributed by atoms with Crippen LogP contribution in [-0.4, -0.2) is 23.5 Å². The number of hydrogen-bond acceptors (Lipinski definition) is 5. The van der Waals surface area contributed by atoms with Crippen molar-refractivity contribution in [3.63, 3.8) is 0 Å². The number of aromatic hydroxyl groups is 1. The van der Waals surface area contributed by atoms with Crippen LogP contribution >= 0.6 is 15.9 Å². The smallest absolute Gasteiger partial charge is 0.260 e. The normalized spacial score (nSPS) is 17.2. The Labute approximate surface area is 170 Å². The first-order chi connectivity index (χ1) is 13.5. The third kappa shape index (κ3) is 4.04. The van der Waals surface area contributed by atoms with Crippen LogP contribution in [0.1, 0.15) is 34.3 Å². The molecule has 1 aliphatic heterocycles. The van der Waals surface area contributed by atoms with E-state index in [4.69, 9.17) is 4.74 Å². The van der Waals surface area contributed by atoms with Gasteiger partial charge in [-0.3, -0.25) is 14.9 Å². The van der Waals surface area contributed by atoms with Crippen LogP contribution in [0.15, 0.2) is 47.1 Å². The Morgan fingerprint density at radius 2 is 1.96 bits per heavy atom. The second-order valence-corrected chi connectivity index (χ2v) is 7.88. The van der Waals surface area contributed by atoms with Gasteiger partial charge in [0.25, 0.3) is 11.8 Å². The van der Waals surface area contributed by atoms with Crippen LogP contribution in [-0.2, 0) is 11.3 Å². The molecule has 2 aromatic rings. The maximum Gasteiger partial charge on any atom is 0.260 e. The van der Waals surface area contributed by atoms with Gasteiger partial charge in [-0.2, -0.15) is 0 Å². The van der Waals surface area contributed by atoms with E-state index in [9.17, 15) is 14.7 Å². The van der Waals surface area contributed by atoms with Crippen LogP contribution in [0.25, 0.3) is 5.57 Å². The van der Waals surface area contributed by atoms with Crippen molar-refractivity contribution >= 4 is 33.3 Å². The van der Waals surface area contributed by atoms with Gasteiger partial charge in [0.15, 0.2) is 11.5 Å². The molecule has 1 fully saturated rings. The van der Waals surface area contributed by atoms with Crippen molar-refractivity contribution in [2.45, 2.75) is 19.4 Å². The third-order valence-corrected chi connectivity index (χ3v) is 5.23. The molecule has 28 heavy (non-hydrogen) atoms. The van der Waals surface area contributed by atoms with Crippen molar-refractivity contribution in [3.8, 4) is 11.5 Å². The number of amides is 2. The van der Waals surface area contributed by atoms with Crippen LogP contribution in [0.5, 0.6) is 11.5 Å². The Kier molecular flexibility index (Phi) is 5.09. The van der Waals surface area contributed by atoms with E-state index in [2.05, 4.69) is 26.6 Å². The van der Waals surface area contributed by atoms with Crippen LogP contribution in [0.2, 0.25) is 0 Å². The van der Waals surface area contributed by atoms with Gasteiger partial charge in [0.05, 0.1) is 12.2 Å². The van der Waals surface area contributed by atoms with E-state index in [1.165, 1.54) is 12.8 Å². The summed E-state index contributed by atoms with van der Waals surface area (Å²) in [7, 11) is 0. The van der Waals surface area contributed by atoms with Crippen LogP contribution in [0.4, 0.5) is 0 Å². The number of halogens is 1. The van der Waals surface area contributed by atoms with Gasteiger partial charge >= 0.3 is 0 Å². The van der Waals surface area contributed by atoms with E-state index in [1.54, 1.807) is 36.5 Å². The minimum Gasteiger partial charge on any atom is -0.504 e. The fourth-order valence-electron chi connectivity index (χ4n) is 3.00. The lowest BCUT2D eigenvalue weighted by Crippen LogP contribution is -2.37. The zero-order valence-corrected chi connectivity index (χ0v) is 16.6. The van der Waals surface area contributed by atoms with Gasteiger partial charge in [-0.15, -0.1) is 0 Å². The molecule has 1 aliphatic carbocycles. The van der Waals surface area contributed by atoms with Crippen molar-refractivity contribution in [3.05, 3.63) is 63.8 Å². The highest BCUT2D eigenvalue weighted by Crippen LogP contribution is 2.33. The number of nitrogens with one attached hydrogen (secondary N) is 2. The molecule has 144 valence electrons. The van der Waals surface area contributed by atoms with Gasteiger partial charge in [-0.1, -0.05) is 22.0 Å². The highest BCUT2D eigenvalue weighted by atomic mass is 79.9. The number of carbonyl (C=O) groups is 2. The number of carbonyl (C=O) groups excluding carboxylic acids is 2. The SMILES string of the molecule is O=C1NC(=O)c2ccc(Br)cc2C1=CNCc1ccc(OCC2CC2)c(O)c1. The maximum absolute atomic E-state index is 12.2. The molecule has 2 aromatic carbocycles. The molecule has 1 heterocycles. The average Bonchev–Trinajstić information content (AvgIpc) is 3.48. The summed E-state index contributed by atoms with van der Waals surface area (Å²) in [5, 5.41) is 15.6. The summed E-state index contributed by atoms with van der Waals surface area (Å²) in [6, 6.07) is 10.4. The Balaban J connectivity index is 1.46. The molecule has 2 amide bonds. The van der Waals surface area contributed by atoms with Gasteiger partial charge in [-0.25, -0.2) is 0 Å². The summed E-state index contributed by atoms with van der Waals surface area (Å²) < 4.78 is 6.40. The molecule has 0 unspecified atom stereocenters. The molecular weight excluding hydrogens is 424 g/mol. The van der Waals surface area contributed by atoms with Crippen LogP contribution in [0.3, 0.4) is 0 Å². The summed E-state index contributed by atoms with van der Waals surface area (Å²) in [5.41, 5.74) is 2.24. The second-order valence-electron chi connectivity index (χ2n) is 6.97. The van der Waals surface area contributed by atoms with Crippen molar-refractivity contribution in [1.82, 2.24) is 10.6 Å². The summed E-state index contributed by atoms with van der Waals surface area (Å²) >= 11 is 3.37. The van der Waals surface area contributed by atoms with Crippen LogP contribution < -0.4 is 15.4 Å². The van der Waals surface area contributed by atoms with E-state index in [-0.39, 0.29) is 5.75 Å². The predicted molar refractivity (Wildman–Crippen MR) is 108 cm³/mol. The molecule has 0 aromatic heterocycles. The molecule has 0 bridgehead atoms. The van der Waals surface area contributed by atoms with Gasteiger partial charge in [0.1, 0.15) is 0 Å². The highest BCUT2D eigenvalue weighted by molar-refractivity contribution is 9.10.